The highest BCUT2D eigenvalue weighted by Gasteiger charge is 2.43. The molecule has 3 heterocycles. The molecule has 0 aromatic rings. The highest BCUT2D eigenvalue weighted by atomic mass is 32.2. The Balaban J connectivity index is 1.22. The molecule has 0 radical (unpaired) electrons. The number of hydrogen-bond donors (Lipinski definition) is 4. The zero-order valence-corrected chi connectivity index (χ0v) is 21.5. The number of carbonyl (C=O) groups is 2. The molecule has 0 spiro atoms. The topological polar surface area (TPSA) is 91.5 Å². The number of rotatable bonds is 16. The Kier molecular flexibility index (Phi) is 9.68. The van der Waals surface area contributed by atoms with Crippen molar-refractivity contribution < 1.29 is 14.3 Å². The predicted molar refractivity (Wildman–Crippen MR) is 136 cm³/mol. The molecule has 5 unspecified atom stereocenters. The first-order chi connectivity index (χ1) is 15.7. The zero-order chi connectivity index (χ0) is 23.9. The molecule has 3 saturated heterocycles. The average Bonchev–Trinajstić information content (AvgIpc) is 3.32. The van der Waals surface area contributed by atoms with Crippen LogP contribution in [0.3, 0.4) is 0 Å². The van der Waals surface area contributed by atoms with Crippen molar-refractivity contribution in [1.29, 1.82) is 0 Å². The Morgan fingerprint density at radius 3 is 2.76 bits per heavy atom. The first kappa shape index (κ1) is 26.5. The molecule has 0 aliphatic carbocycles. The van der Waals surface area contributed by atoms with Crippen molar-refractivity contribution in [2.24, 2.45) is 0 Å². The van der Waals surface area contributed by atoms with E-state index in [2.05, 4.69) is 34.8 Å². The average molecular weight is 481 g/mol. The summed E-state index contributed by atoms with van der Waals surface area (Å²) in [5, 5.41) is 13.5. The summed E-state index contributed by atoms with van der Waals surface area (Å²) in [6.45, 7) is 12.5. The van der Waals surface area contributed by atoms with Gasteiger partial charge in [-0.25, -0.2) is 4.79 Å². The number of Topliss-reactive ketones (excluding diaryl/α,β-unsaturated/α-hetero) is 1. The summed E-state index contributed by atoms with van der Waals surface area (Å²) < 4.78 is 5.76. The number of hydrogen-bond acceptors (Lipinski definition) is 6. The van der Waals surface area contributed by atoms with Crippen LogP contribution in [0.1, 0.15) is 72.1 Å². The van der Waals surface area contributed by atoms with Crippen LogP contribution in [0.2, 0.25) is 0 Å². The summed E-state index contributed by atoms with van der Waals surface area (Å²) in [7, 11) is 0. The number of ketones is 1. The van der Waals surface area contributed by atoms with E-state index in [1.54, 1.807) is 0 Å². The van der Waals surface area contributed by atoms with Crippen LogP contribution in [-0.4, -0.2) is 71.8 Å². The largest absolute Gasteiger partial charge is 0.374 e. The van der Waals surface area contributed by atoms with Gasteiger partial charge in [0, 0.05) is 24.0 Å². The smallest absolute Gasteiger partial charge is 0.315 e. The summed E-state index contributed by atoms with van der Waals surface area (Å²) in [4.78, 5) is 24.2. The van der Waals surface area contributed by atoms with Crippen LogP contribution in [0.5, 0.6) is 0 Å². The molecule has 3 aliphatic heterocycles. The number of thioether (sulfide) groups is 1. The van der Waals surface area contributed by atoms with E-state index in [0.717, 1.165) is 70.4 Å². The Morgan fingerprint density at radius 1 is 1.24 bits per heavy atom. The van der Waals surface area contributed by atoms with Crippen molar-refractivity contribution in [2.75, 3.05) is 25.4 Å². The molecule has 4 N–H and O–H groups in total. The van der Waals surface area contributed by atoms with Crippen molar-refractivity contribution in [3.8, 4) is 0 Å². The minimum atomic E-state index is -0.471. The Labute approximate surface area is 204 Å². The number of fused-ring (bicyclic) bond motifs is 1. The molecule has 33 heavy (non-hydrogen) atoms. The lowest BCUT2D eigenvalue weighted by atomic mass is 9.86. The second kappa shape index (κ2) is 12.0. The van der Waals surface area contributed by atoms with E-state index in [4.69, 9.17) is 4.74 Å². The number of ether oxygens (including phenoxy) is 1. The van der Waals surface area contributed by atoms with Crippen LogP contribution in [0.25, 0.3) is 0 Å². The number of amides is 2. The van der Waals surface area contributed by atoms with Gasteiger partial charge in [0.05, 0.1) is 35.9 Å². The lowest BCUT2D eigenvalue weighted by molar-refractivity contribution is -0.143. The number of urea groups is 1. The molecule has 0 saturated carbocycles. The first-order valence-electron chi connectivity index (χ1n) is 12.7. The van der Waals surface area contributed by atoms with E-state index in [-0.39, 0.29) is 29.8 Å². The highest BCUT2D eigenvalue weighted by molar-refractivity contribution is 8.00. The third kappa shape index (κ3) is 7.20. The van der Waals surface area contributed by atoms with Gasteiger partial charge < -0.3 is 26.0 Å². The number of nitrogens with one attached hydrogen (secondary N) is 4. The van der Waals surface area contributed by atoms with Crippen molar-refractivity contribution in [3.63, 3.8) is 0 Å². The molecule has 0 bridgehead atoms. The van der Waals surface area contributed by atoms with Gasteiger partial charge in [0.1, 0.15) is 0 Å². The van der Waals surface area contributed by atoms with Gasteiger partial charge >= 0.3 is 6.03 Å². The van der Waals surface area contributed by atoms with E-state index in [1.165, 1.54) is 0 Å². The molecule has 188 valence electrons. The Hall–Kier alpha value is -1.09. The third-order valence-corrected chi connectivity index (χ3v) is 8.94. The maximum Gasteiger partial charge on any atom is 0.315 e. The lowest BCUT2D eigenvalue weighted by Crippen LogP contribution is -2.64. The predicted octanol–water partition coefficient (Wildman–Crippen LogP) is 3.14. The van der Waals surface area contributed by atoms with E-state index < -0.39 is 5.54 Å². The molecule has 3 aliphatic rings. The van der Waals surface area contributed by atoms with Gasteiger partial charge in [-0.05, 0) is 53.0 Å². The fourth-order valence-corrected chi connectivity index (χ4v) is 6.58. The molecular formula is C25H44N4O3S. The van der Waals surface area contributed by atoms with E-state index >= 15 is 0 Å². The summed E-state index contributed by atoms with van der Waals surface area (Å²) >= 11 is 1.94. The van der Waals surface area contributed by atoms with Crippen LogP contribution in [-0.2, 0) is 9.53 Å². The van der Waals surface area contributed by atoms with E-state index in [0.29, 0.717) is 17.5 Å². The Bertz CT molecular complexity index is 689. The molecule has 8 heteroatoms. The van der Waals surface area contributed by atoms with Crippen molar-refractivity contribution >= 4 is 23.6 Å². The minimum Gasteiger partial charge on any atom is -0.374 e. The van der Waals surface area contributed by atoms with Crippen molar-refractivity contribution in [1.82, 2.24) is 21.3 Å². The summed E-state index contributed by atoms with van der Waals surface area (Å²) in [5.41, 5.74) is -0.387. The van der Waals surface area contributed by atoms with Gasteiger partial charge in [-0.2, -0.15) is 11.8 Å². The van der Waals surface area contributed by atoms with Gasteiger partial charge in [0.25, 0.3) is 0 Å². The molecule has 7 nitrogen and oxygen atoms in total. The van der Waals surface area contributed by atoms with Crippen LogP contribution in [0, 0.1) is 0 Å². The SMILES string of the molecule is C=CCNC1(C)COC1CCCCCNC(C)(C)C(=O)CCCCC1SCC2NC(=O)NC21. The maximum atomic E-state index is 12.7. The zero-order valence-electron chi connectivity index (χ0n) is 20.7. The van der Waals surface area contributed by atoms with Crippen molar-refractivity contribution in [3.05, 3.63) is 12.7 Å². The standard InChI is InChI=1S/C25H44N4O3S/c1-5-14-27-25(4)17-32-21(25)13-7-6-10-15-26-24(2,3)20(30)12-9-8-11-19-22-18(16-33-19)28-23(31)29-22/h5,18-19,21-22,26-27H,1,6-17H2,2-4H3,(H2,28,29,31). The maximum absolute atomic E-state index is 12.7. The Morgan fingerprint density at radius 2 is 2.03 bits per heavy atom. The molecule has 0 aromatic carbocycles. The molecule has 5 atom stereocenters. The summed E-state index contributed by atoms with van der Waals surface area (Å²) in [6, 6.07) is 0.495. The fraction of sp³-hybridized carbons (Fsp3) is 0.840. The van der Waals surface area contributed by atoms with Crippen LogP contribution < -0.4 is 21.3 Å². The van der Waals surface area contributed by atoms with Gasteiger partial charge in [-0.3, -0.25) is 4.79 Å². The number of carbonyl (C=O) groups excluding carboxylic acids is 2. The van der Waals surface area contributed by atoms with E-state index in [1.807, 2.05) is 31.7 Å². The van der Waals surface area contributed by atoms with Crippen LogP contribution >= 0.6 is 11.8 Å². The first-order valence-corrected chi connectivity index (χ1v) is 13.7. The highest BCUT2D eigenvalue weighted by Crippen LogP contribution is 2.33. The second-order valence-corrected chi connectivity index (χ2v) is 11.9. The van der Waals surface area contributed by atoms with Gasteiger partial charge in [-0.15, -0.1) is 6.58 Å². The molecule has 0 aromatic heterocycles. The van der Waals surface area contributed by atoms with Crippen LogP contribution in [0.15, 0.2) is 12.7 Å². The molecular weight excluding hydrogens is 436 g/mol. The van der Waals surface area contributed by atoms with Gasteiger partial charge in [0.2, 0.25) is 0 Å². The van der Waals surface area contributed by atoms with Crippen molar-refractivity contribution in [2.45, 2.75) is 107 Å². The number of unbranched alkanes of at least 4 members (excludes halogenated alkanes) is 3. The van der Waals surface area contributed by atoms with Gasteiger partial charge in [0.15, 0.2) is 5.78 Å². The molecule has 2 amide bonds. The fourth-order valence-electron chi connectivity index (χ4n) is 5.04. The van der Waals surface area contributed by atoms with Gasteiger partial charge in [-0.1, -0.05) is 25.3 Å². The summed E-state index contributed by atoms with van der Waals surface area (Å²) in [5.74, 6) is 1.28. The quantitative estimate of drug-likeness (QED) is 0.154. The second-order valence-electron chi connectivity index (χ2n) is 10.6. The molecule has 3 rings (SSSR count). The normalized spacial score (nSPS) is 30.9. The summed E-state index contributed by atoms with van der Waals surface area (Å²) in [6.07, 6.45) is 10.2. The molecule has 3 fully saturated rings. The minimum absolute atomic E-state index is 0.0336. The third-order valence-electron chi connectivity index (χ3n) is 7.43. The van der Waals surface area contributed by atoms with Crippen LogP contribution in [0.4, 0.5) is 4.79 Å². The monoisotopic (exact) mass is 480 g/mol. The van der Waals surface area contributed by atoms with E-state index in [9.17, 15) is 9.59 Å². The lowest BCUT2D eigenvalue weighted by Gasteiger charge is -2.47.